The molecule has 0 saturated heterocycles. The SMILES string of the molecule is [CH2]CC1C[CH]C(OC(F)(F)C(F)(F)C(F)(F)F)C1. The molecular weight excluding hydrogens is 269 g/mol. The molecule has 0 aliphatic heterocycles. The standard InChI is InChI=1S/C10H11F7O/c1-2-6-3-4-7(5-6)18-10(16,17)8(11,12)9(13,14)15/h4,6-7H,1-3,5H2. The van der Waals surface area contributed by atoms with E-state index in [4.69, 9.17) is 0 Å². The Hall–Kier alpha value is -0.530. The van der Waals surface area contributed by atoms with Crippen molar-refractivity contribution >= 4 is 0 Å². The molecule has 1 aliphatic rings. The third-order valence-corrected chi connectivity index (χ3v) is 2.73. The van der Waals surface area contributed by atoms with Gasteiger partial charge >= 0.3 is 18.2 Å². The second kappa shape index (κ2) is 4.86. The Morgan fingerprint density at radius 2 is 1.67 bits per heavy atom. The summed E-state index contributed by atoms with van der Waals surface area (Å²) in [6.07, 6.45) is -11.5. The van der Waals surface area contributed by atoms with E-state index in [0.29, 0.717) is 12.8 Å². The van der Waals surface area contributed by atoms with Crippen LogP contribution >= 0.6 is 0 Å². The molecule has 0 aromatic carbocycles. The summed E-state index contributed by atoms with van der Waals surface area (Å²) in [6.45, 7) is 3.50. The van der Waals surface area contributed by atoms with Crippen LogP contribution in [0.25, 0.3) is 0 Å². The topological polar surface area (TPSA) is 9.23 Å². The van der Waals surface area contributed by atoms with E-state index in [9.17, 15) is 30.7 Å². The fourth-order valence-electron chi connectivity index (χ4n) is 1.63. The van der Waals surface area contributed by atoms with Crippen molar-refractivity contribution in [3.63, 3.8) is 0 Å². The number of rotatable bonds is 4. The average molecular weight is 280 g/mol. The molecule has 2 atom stereocenters. The summed E-state index contributed by atoms with van der Waals surface area (Å²) < 4.78 is 89.8. The Labute approximate surface area is 99.3 Å². The molecule has 0 bridgehead atoms. The van der Waals surface area contributed by atoms with Crippen molar-refractivity contribution in [2.75, 3.05) is 0 Å². The zero-order chi connectivity index (χ0) is 14.2. The van der Waals surface area contributed by atoms with Gasteiger partial charge in [-0.15, -0.1) is 0 Å². The number of hydrogen-bond acceptors (Lipinski definition) is 1. The van der Waals surface area contributed by atoms with Crippen LogP contribution in [0, 0.1) is 19.3 Å². The second-order valence-corrected chi connectivity index (χ2v) is 4.11. The van der Waals surface area contributed by atoms with Gasteiger partial charge < -0.3 is 4.74 Å². The van der Waals surface area contributed by atoms with E-state index in [-0.39, 0.29) is 12.3 Å². The van der Waals surface area contributed by atoms with Gasteiger partial charge in [0.15, 0.2) is 0 Å². The first-order valence-electron chi connectivity index (χ1n) is 5.14. The molecule has 0 aromatic heterocycles. The lowest BCUT2D eigenvalue weighted by atomic mass is 10.1. The molecule has 106 valence electrons. The predicted octanol–water partition coefficient (Wildman–Crippen LogP) is 4.00. The van der Waals surface area contributed by atoms with Gasteiger partial charge in [-0.25, -0.2) is 0 Å². The van der Waals surface area contributed by atoms with Gasteiger partial charge in [0.1, 0.15) is 0 Å². The maximum absolute atomic E-state index is 12.9. The van der Waals surface area contributed by atoms with Crippen molar-refractivity contribution in [1.82, 2.24) is 0 Å². The van der Waals surface area contributed by atoms with E-state index in [2.05, 4.69) is 11.7 Å². The quantitative estimate of drug-likeness (QED) is 0.707. The maximum atomic E-state index is 12.9. The van der Waals surface area contributed by atoms with E-state index in [0.717, 1.165) is 6.42 Å². The highest BCUT2D eigenvalue weighted by Crippen LogP contribution is 2.48. The summed E-state index contributed by atoms with van der Waals surface area (Å²) in [4.78, 5) is 0. The van der Waals surface area contributed by atoms with Gasteiger partial charge in [0, 0.05) is 0 Å². The average Bonchev–Trinajstić information content (AvgIpc) is 2.62. The van der Waals surface area contributed by atoms with Crippen LogP contribution in [0.5, 0.6) is 0 Å². The van der Waals surface area contributed by atoms with Crippen molar-refractivity contribution < 1.29 is 35.5 Å². The highest BCUT2D eigenvalue weighted by atomic mass is 19.4. The minimum atomic E-state index is -6.36. The van der Waals surface area contributed by atoms with Gasteiger partial charge in [0.05, 0.1) is 6.10 Å². The Balaban J connectivity index is 2.70. The third kappa shape index (κ3) is 2.89. The van der Waals surface area contributed by atoms with E-state index < -0.39 is 24.3 Å². The van der Waals surface area contributed by atoms with Crippen LogP contribution in [0.15, 0.2) is 0 Å². The summed E-state index contributed by atoms with van der Waals surface area (Å²) in [7, 11) is 0. The van der Waals surface area contributed by atoms with Crippen LogP contribution < -0.4 is 0 Å². The monoisotopic (exact) mass is 280 g/mol. The smallest absolute Gasteiger partial charge is 0.312 e. The zero-order valence-electron chi connectivity index (χ0n) is 9.11. The second-order valence-electron chi connectivity index (χ2n) is 4.11. The van der Waals surface area contributed by atoms with Gasteiger partial charge in [-0.3, -0.25) is 0 Å². The van der Waals surface area contributed by atoms with Crippen molar-refractivity contribution in [2.24, 2.45) is 5.92 Å². The summed E-state index contributed by atoms with van der Waals surface area (Å²) >= 11 is 0. The van der Waals surface area contributed by atoms with Crippen LogP contribution in [-0.4, -0.2) is 24.3 Å². The molecule has 0 amide bonds. The fourth-order valence-corrected chi connectivity index (χ4v) is 1.63. The zero-order valence-corrected chi connectivity index (χ0v) is 9.11. The van der Waals surface area contributed by atoms with E-state index in [1.54, 1.807) is 0 Å². The lowest BCUT2D eigenvalue weighted by Crippen LogP contribution is -2.54. The van der Waals surface area contributed by atoms with E-state index >= 15 is 0 Å². The summed E-state index contributed by atoms with van der Waals surface area (Å²) in [5.41, 5.74) is 0. The number of hydrogen-bond donors (Lipinski definition) is 0. The summed E-state index contributed by atoms with van der Waals surface area (Å²) in [6, 6.07) is 0. The van der Waals surface area contributed by atoms with Crippen molar-refractivity contribution in [3.8, 4) is 0 Å². The lowest BCUT2D eigenvalue weighted by molar-refractivity contribution is -0.429. The normalized spacial score (nSPS) is 26.7. The molecule has 1 fully saturated rings. The Kier molecular flexibility index (Phi) is 4.19. The highest BCUT2D eigenvalue weighted by Gasteiger charge is 2.75. The lowest BCUT2D eigenvalue weighted by Gasteiger charge is -2.29. The first kappa shape index (κ1) is 15.5. The molecule has 0 aromatic rings. The van der Waals surface area contributed by atoms with Crippen molar-refractivity contribution in [1.29, 1.82) is 0 Å². The van der Waals surface area contributed by atoms with Crippen molar-refractivity contribution in [3.05, 3.63) is 13.3 Å². The first-order valence-corrected chi connectivity index (χ1v) is 5.14. The van der Waals surface area contributed by atoms with Crippen LogP contribution in [0.3, 0.4) is 0 Å². The predicted molar refractivity (Wildman–Crippen MR) is 47.8 cm³/mol. The third-order valence-electron chi connectivity index (χ3n) is 2.73. The van der Waals surface area contributed by atoms with Gasteiger partial charge in [-0.1, -0.05) is 13.3 Å². The minimum Gasteiger partial charge on any atom is -0.312 e. The molecule has 18 heavy (non-hydrogen) atoms. The first-order chi connectivity index (χ1) is 8.01. The minimum absolute atomic E-state index is 0.0347. The van der Waals surface area contributed by atoms with E-state index in [1.165, 1.54) is 0 Å². The van der Waals surface area contributed by atoms with Gasteiger partial charge in [-0.2, -0.15) is 30.7 Å². The summed E-state index contributed by atoms with van der Waals surface area (Å²) in [5.74, 6) is -6.35. The maximum Gasteiger partial charge on any atom is 0.462 e. The van der Waals surface area contributed by atoms with Gasteiger partial charge in [0.25, 0.3) is 0 Å². The molecule has 0 heterocycles. The molecular formula is C10H11F7O. The molecule has 1 rings (SSSR count). The summed E-state index contributed by atoms with van der Waals surface area (Å²) in [5, 5.41) is 0. The fraction of sp³-hybridized carbons (Fsp3) is 0.800. The van der Waals surface area contributed by atoms with Crippen LogP contribution in [0.2, 0.25) is 0 Å². The molecule has 1 saturated carbocycles. The molecule has 0 N–H and O–H groups in total. The number of halogens is 7. The Bertz CT molecular complexity index is 286. The number of ether oxygens (including phenoxy) is 1. The van der Waals surface area contributed by atoms with Gasteiger partial charge in [-0.05, 0) is 25.2 Å². The van der Waals surface area contributed by atoms with Crippen molar-refractivity contribution in [2.45, 2.75) is 43.6 Å². The molecule has 2 unspecified atom stereocenters. The largest absolute Gasteiger partial charge is 0.462 e. The molecule has 8 heteroatoms. The molecule has 1 aliphatic carbocycles. The molecule has 0 spiro atoms. The van der Waals surface area contributed by atoms with Crippen LogP contribution in [-0.2, 0) is 4.74 Å². The molecule has 1 nitrogen and oxygen atoms in total. The number of alkyl halides is 7. The Morgan fingerprint density at radius 1 is 1.11 bits per heavy atom. The van der Waals surface area contributed by atoms with Crippen LogP contribution in [0.1, 0.15) is 19.3 Å². The highest BCUT2D eigenvalue weighted by molar-refractivity contribution is 4.94. The van der Waals surface area contributed by atoms with Crippen LogP contribution in [0.4, 0.5) is 30.7 Å². The van der Waals surface area contributed by atoms with Gasteiger partial charge in [0.2, 0.25) is 0 Å². The Morgan fingerprint density at radius 3 is 2.06 bits per heavy atom. The van der Waals surface area contributed by atoms with E-state index in [1.807, 2.05) is 0 Å². The molecule has 2 radical (unpaired) electrons.